The standard InChI is InChI=1S/C7H10BFO/c1-6(8)7(9)4-2-3-5-10/h4,10H,1-3,5H2/b7-4+. The highest BCUT2D eigenvalue weighted by Gasteiger charge is 1.91. The van der Waals surface area contributed by atoms with Gasteiger partial charge in [0.15, 0.2) is 0 Å². The number of rotatable bonds is 4. The number of aliphatic hydroxyl groups excluding tert-OH is 1. The Balaban J connectivity index is 3.58. The van der Waals surface area contributed by atoms with Crippen molar-refractivity contribution in [3.63, 3.8) is 0 Å². The summed E-state index contributed by atoms with van der Waals surface area (Å²) in [6.45, 7) is 3.28. The van der Waals surface area contributed by atoms with Gasteiger partial charge >= 0.3 is 0 Å². The Labute approximate surface area is 61.7 Å². The van der Waals surface area contributed by atoms with Gasteiger partial charge in [0.1, 0.15) is 13.7 Å². The van der Waals surface area contributed by atoms with Crippen LogP contribution in [0.25, 0.3) is 0 Å². The molecule has 0 saturated heterocycles. The minimum atomic E-state index is -0.492. The van der Waals surface area contributed by atoms with Crippen molar-refractivity contribution in [1.82, 2.24) is 0 Å². The van der Waals surface area contributed by atoms with Crippen LogP contribution in [0.3, 0.4) is 0 Å². The minimum absolute atomic E-state index is 0.0575. The molecule has 10 heavy (non-hydrogen) atoms. The first-order chi connectivity index (χ1) is 4.68. The van der Waals surface area contributed by atoms with Gasteiger partial charge in [0.05, 0.1) is 0 Å². The van der Waals surface area contributed by atoms with Crippen LogP contribution in [0.4, 0.5) is 4.39 Å². The molecule has 0 aromatic rings. The van der Waals surface area contributed by atoms with Crippen LogP contribution in [0.15, 0.2) is 24.0 Å². The van der Waals surface area contributed by atoms with E-state index in [0.717, 1.165) is 0 Å². The Hall–Kier alpha value is -0.565. The van der Waals surface area contributed by atoms with Crippen molar-refractivity contribution in [3.05, 3.63) is 24.0 Å². The first-order valence-corrected chi connectivity index (χ1v) is 3.09. The van der Waals surface area contributed by atoms with E-state index < -0.39 is 5.83 Å². The van der Waals surface area contributed by atoms with E-state index in [1.165, 1.54) is 6.08 Å². The van der Waals surface area contributed by atoms with Gasteiger partial charge in [-0.3, -0.25) is 0 Å². The van der Waals surface area contributed by atoms with Crippen molar-refractivity contribution in [2.75, 3.05) is 6.61 Å². The van der Waals surface area contributed by atoms with Gasteiger partial charge in [-0.25, -0.2) is 4.39 Å². The van der Waals surface area contributed by atoms with Gasteiger partial charge in [0.25, 0.3) is 0 Å². The summed E-state index contributed by atoms with van der Waals surface area (Å²) in [5, 5.41) is 8.31. The second-order valence-corrected chi connectivity index (χ2v) is 1.94. The zero-order valence-electron chi connectivity index (χ0n) is 5.81. The molecule has 0 amide bonds. The molecule has 0 heterocycles. The number of allylic oxidation sites excluding steroid dienone is 3. The lowest BCUT2D eigenvalue weighted by Gasteiger charge is -1.93. The fourth-order valence-electron chi connectivity index (χ4n) is 0.451. The zero-order valence-corrected chi connectivity index (χ0v) is 5.81. The average molecular weight is 140 g/mol. The molecule has 54 valence electrons. The van der Waals surface area contributed by atoms with Gasteiger partial charge in [-0.1, -0.05) is 5.47 Å². The van der Waals surface area contributed by atoms with Gasteiger partial charge in [-0.15, -0.1) is 6.58 Å². The second kappa shape index (κ2) is 5.24. The van der Waals surface area contributed by atoms with E-state index in [1.54, 1.807) is 0 Å². The molecule has 0 aliphatic rings. The first kappa shape index (κ1) is 9.43. The Morgan fingerprint density at radius 2 is 2.30 bits per heavy atom. The SMILES string of the molecule is [B]C(=C)/C(F)=C\CCCO. The molecule has 1 nitrogen and oxygen atoms in total. The van der Waals surface area contributed by atoms with E-state index in [9.17, 15) is 4.39 Å². The molecule has 3 heteroatoms. The molecular weight excluding hydrogens is 130 g/mol. The van der Waals surface area contributed by atoms with Crippen LogP contribution >= 0.6 is 0 Å². The lowest BCUT2D eigenvalue weighted by atomic mass is 9.96. The first-order valence-electron chi connectivity index (χ1n) is 3.09. The molecule has 0 rings (SSSR count). The lowest BCUT2D eigenvalue weighted by molar-refractivity contribution is 0.289. The van der Waals surface area contributed by atoms with E-state index in [2.05, 4.69) is 6.58 Å². The van der Waals surface area contributed by atoms with E-state index in [4.69, 9.17) is 13.0 Å². The van der Waals surface area contributed by atoms with Crippen molar-refractivity contribution in [1.29, 1.82) is 0 Å². The summed E-state index contributed by atoms with van der Waals surface area (Å²) in [5.41, 5.74) is -0.0575. The highest BCUT2D eigenvalue weighted by atomic mass is 19.1. The fourth-order valence-corrected chi connectivity index (χ4v) is 0.451. The molecule has 0 unspecified atom stereocenters. The summed E-state index contributed by atoms with van der Waals surface area (Å²) >= 11 is 0. The number of hydrogen-bond donors (Lipinski definition) is 1. The van der Waals surface area contributed by atoms with Crippen molar-refractivity contribution < 1.29 is 9.50 Å². The quantitative estimate of drug-likeness (QED) is 0.354. The number of aliphatic hydroxyl groups is 1. The van der Waals surface area contributed by atoms with Crippen molar-refractivity contribution in [2.24, 2.45) is 0 Å². The Bertz CT molecular complexity index is 143. The van der Waals surface area contributed by atoms with Gasteiger partial charge in [0.2, 0.25) is 0 Å². The summed E-state index contributed by atoms with van der Waals surface area (Å²) in [6, 6.07) is 0. The number of halogens is 1. The lowest BCUT2D eigenvalue weighted by Crippen LogP contribution is -1.82. The van der Waals surface area contributed by atoms with Crippen LogP contribution in [-0.2, 0) is 0 Å². The third kappa shape index (κ3) is 4.33. The summed E-state index contributed by atoms with van der Waals surface area (Å²) in [7, 11) is 5.02. The summed E-state index contributed by atoms with van der Waals surface area (Å²) in [5.74, 6) is -0.492. The molecule has 0 aliphatic heterocycles. The molecule has 0 atom stereocenters. The van der Waals surface area contributed by atoms with Crippen LogP contribution in [0.5, 0.6) is 0 Å². The van der Waals surface area contributed by atoms with E-state index in [1.807, 2.05) is 0 Å². The van der Waals surface area contributed by atoms with Crippen molar-refractivity contribution >= 4 is 7.85 Å². The Morgan fingerprint density at radius 3 is 2.70 bits per heavy atom. The normalized spacial score (nSPS) is 11.6. The van der Waals surface area contributed by atoms with E-state index in [0.29, 0.717) is 12.8 Å². The summed E-state index contributed by atoms with van der Waals surface area (Å²) in [4.78, 5) is 0. The highest BCUT2D eigenvalue weighted by molar-refractivity contribution is 6.23. The molecule has 0 bridgehead atoms. The zero-order chi connectivity index (χ0) is 7.98. The molecule has 0 spiro atoms. The van der Waals surface area contributed by atoms with Gasteiger partial charge < -0.3 is 5.11 Å². The fraction of sp³-hybridized carbons (Fsp3) is 0.429. The van der Waals surface area contributed by atoms with Crippen LogP contribution in [0.1, 0.15) is 12.8 Å². The largest absolute Gasteiger partial charge is 0.396 e. The van der Waals surface area contributed by atoms with Crippen LogP contribution < -0.4 is 0 Å². The maximum Gasteiger partial charge on any atom is 0.117 e. The predicted octanol–water partition coefficient (Wildman–Crippen LogP) is 1.29. The minimum Gasteiger partial charge on any atom is -0.396 e. The Morgan fingerprint density at radius 1 is 1.70 bits per heavy atom. The molecule has 0 aromatic carbocycles. The molecule has 1 N–H and O–H groups in total. The highest BCUT2D eigenvalue weighted by Crippen LogP contribution is 2.06. The predicted molar refractivity (Wildman–Crippen MR) is 40.4 cm³/mol. The molecule has 0 aromatic heterocycles. The number of unbranched alkanes of at least 4 members (excludes halogenated alkanes) is 1. The third-order valence-electron chi connectivity index (χ3n) is 0.993. The number of hydrogen-bond acceptors (Lipinski definition) is 1. The van der Waals surface area contributed by atoms with Crippen molar-refractivity contribution in [3.8, 4) is 0 Å². The molecular formula is C7H10BFO. The molecule has 0 aliphatic carbocycles. The average Bonchev–Trinajstić information content (AvgIpc) is 1.88. The van der Waals surface area contributed by atoms with E-state index in [-0.39, 0.29) is 12.1 Å². The topological polar surface area (TPSA) is 20.2 Å². The maximum atomic E-state index is 12.4. The molecule has 0 fully saturated rings. The van der Waals surface area contributed by atoms with Crippen LogP contribution in [0, 0.1) is 0 Å². The summed E-state index contributed by atoms with van der Waals surface area (Å²) < 4.78 is 12.4. The maximum absolute atomic E-state index is 12.4. The second-order valence-electron chi connectivity index (χ2n) is 1.94. The van der Waals surface area contributed by atoms with Crippen LogP contribution in [-0.4, -0.2) is 19.6 Å². The smallest absolute Gasteiger partial charge is 0.117 e. The van der Waals surface area contributed by atoms with Crippen molar-refractivity contribution in [2.45, 2.75) is 12.8 Å². The van der Waals surface area contributed by atoms with Gasteiger partial charge in [-0.05, 0) is 18.9 Å². The summed E-state index contributed by atoms with van der Waals surface area (Å²) in [6.07, 6.45) is 2.37. The molecule has 2 radical (unpaired) electrons. The monoisotopic (exact) mass is 140 g/mol. The third-order valence-corrected chi connectivity index (χ3v) is 0.993. The van der Waals surface area contributed by atoms with E-state index >= 15 is 0 Å². The van der Waals surface area contributed by atoms with Crippen LogP contribution in [0.2, 0.25) is 0 Å². The molecule has 0 saturated carbocycles. The van der Waals surface area contributed by atoms with Gasteiger partial charge in [0, 0.05) is 6.61 Å². The van der Waals surface area contributed by atoms with Gasteiger partial charge in [-0.2, -0.15) is 0 Å². The Kier molecular flexibility index (Phi) is 4.94.